The van der Waals surface area contributed by atoms with Crippen molar-refractivity contribution in [2.24, 2.45) is 5.92 Å². The van der Waals surface area contributed by atoms with Crippen LogP contribution in [0, 0.1) is 5.92 Å². The van der Waals surface area contributed by atoms with E-state index >= 15 is 0 Å². The summed E-state index contributed by atoms with van der Waals surface area (Å²) in [5.74, 6) is 0.647. The van der Waals surface area contributed by atoms with Gasteiger partial charge in [-0.1, -0.05) is 27.2 Å². The number of nitrogens with one attached hydrogen (secondary N) is 1. The number of ether oxygens (including phenoxy) is 1. The molecule has 1 heterocycles. The Hall–Kier alpha value is -2.02. The average molecular weight is 397 g/mol. The first-order chi connectivity index (χ1) is 13.2. The summed E-state index contributed by atoms with van der Waals surface area (Å²) < 4.78 is 45.8. The van der Waals surface area contributed by atoms with E-state index in [9.17, 15) is 13.2 Å². The Balaban J connectivity index is 2.30. The fourth-order valence-corrected chi connectivity index (χ4v) is 2.88. The minimum atomic E-state index is -4.44. The monoisotopic (exact) mass is 397 g/mol. The Bertz CT molecular complexity index is 741. The molecule has 156 valence electrons. The molecule has 0 unspecified atom stereocenters. The molecule has 0 aliphatic carbocycles. The Labute approximate surface area is 165 Å². The van der Waals surface area contributed by atoms with Crippen LogP contribution in [0.3, 0.4) is 0 Å². The molecule has 2 rings (SSSR count). The summed E-state index contributed by atoms with van der Waals surface area (Å²) in [6.07, 6.45) is 0.180. The largest absolute Gasteiger partial charge is 0.494 e. The molecular formula is C21H30F3N3O. The standard InChI is InChI=1S/C21H30F3N3O/c1-5-6-8-27(4)14-17-13-25-26-20(17)16-10-18(21(22,23)24)12-19(11-16)28-9-7-15(2)3/h10-13,15H,5-9,14H2,1-4H3,(H,25,26). The van der Waals surface area contributed by atoms with E-state index in [4.69, 9.17) is 4.74 Å². The minimum absolute atomic E-state index is 0.227. The maximum atomic E-state index is 13.4. The first-order valence-electron chi connectivity index (χ1n) is 9.77. The van der Waals surface area contributed by atoms with E-state index in [1.807, 2.05) is 20.9 Å². The van der Waals surface area contributed by atoms with E-state index in [-0.39, 0.29) is 5.75 Å². The van der Waals surface area contributed by atoms with Gasteiger partial charge in [0.2, 0.25) is 0 Å². The molecule has 0 aliphatic heterocycles. The fourth-order valence-electron chi connectivity index (χ4n) is 2.88. The van der Waals surface area contributed by atoms with Crippen LogP contribution in [0.2, 0.25) is 0 Å². The van der Waals surface area contributed by atoms with Gasteiger partial charge in [0.15, 0.2) is 0 Å². The molecule has 0 fully saturated rings. The highest BCUT2D eigenvalue weighted by Gasteiger charge is 2.32. The number of aromatic amines is 1. The highest BCUT2D eigenvalue weighted by molar-refractivity contribution is 5.65. The van der Waals surface area contributed by atoms with Crippen molar-refractivity contribution in [1.82, 2.24) is 15.1 Å². The predicted molar refractivity (Wildman–Crippen MR) is 105 cm³/mol. The number of rotatable bonds is 10. The quantitative estimate of drug-likeness (QED) is 0.555. The number of hydrogen-bond acceptors (Lipinski definition) is 3. The van der Waals surface area contributed by atoms with Crippen LogP contribution in [0.5, 0.6) is 5.75 Å². The van der Waals surface area contributed by atoms with E-state index in [1.54, 1.807) is 12.3 Å². The van der Waals surface area contributed by atoms with Gasteiger partial charge in [0, 0.05) is 17.7 Å². The van der Waals surface area contributed by atoms with Gasteiger partial charge in [-0.25, -0.2) is 0 Å². The molecule has 4 nitrogen and oxygen atoms in total. The normalized spacial score (nSPS) is 12.2. The number of aromatic nitrogens is 2. The van der Waals surface area contributed by atoms with Crippen molar-refractivity contribution in [2.75, 3.05) is 20.2 Å². The van der Waals surface area contributed by atoms with Gasteiger partial charge in [-0.2, -0.15) is 18.3 Å². The zero-order valence-corrected chi connectivity index (χ0v) is 17.1. The summed E-state index contributed by atoms with van der Waals surface area (Å²) >= 11 is 0. The van der Waals surface area contributed by atoms with Crippen LogP contribution in [0.4, 0.5) is 13.2 Å². The molecule has 2 aromatic rings. The van der Waals surface area contributed by atoms with Gasteiger partial charge in [0.05, 0.1) is 24.1 Å². The number of unbranched alkanes of at least 4 members (excludes halogenated alkanes) is 1. The number of benzene rings is 1. The Morgan fingerprint density at radius 2 is 1.96 bits per heavy atom. The Morgan fingerprint density at radius 3 is 2.61 bits per heavy atom. The lowest BCUT2D eigenvalue weighted by Crippen LogP contribution is -2.19. The van der Waals surface area contributed by atoms with Gasteiger partial charge in [-0.15, -0.1) is 0 Å². The summed E-state index contributed by atoms with van der Waals surface area (Å²) in [6, 6.07) is 3.87. The van der Waals surface area contributed by atoms with E-state index in [2.05, 4.69) is 22.0 Å². The Kier molecular flexibility index (Phi) is 7.92. The summed E-state index contributed by atoms with van der Waals surface area (Å²) in [7, 11) is 2.00. The van der Waals surface area contributed by atoms with Crippen molar-refractivity contribution in [1.29, 1.82) is 0 Å². The van der Waals surface area contributed by atoms with Crippen molar-refractivity contribution in [3.05, 3.63) is 35.5 Å². The lowest BCUT2D eigenvalue weighted by atomic mass is 10.0. The summed E-state index contributed by atoms with van der Waals surface area (Å²) in [6.45, 7) is 8.15. The molecule has 28 heavy (non-hydrogen) atoms. The van der Waals surface area contributed by atoms with E-state index < -0.39 is 11.7 Å². The van der Waals surface area contributed by atoms with Gasteiger partial charge in [0.25, 0.3) is 0 Å². The third-order valence-electron chi connectivity index (χ3n) is 4.54. The zero-order chi connectivity index (χ0) is 20.7. The van der Waals surface area contributed by atoms with Crippen LogP contribution in [0.15, 0.2) is 24.4 Å². The first-order valence-corrected chi connectivity index (χ1v) is 9.77. The second-order valence-electron chi connectivity index (χ2n) is 7.64. The highest BCUT2D eigenvalue weighted by Crippen LogP contribution is 2.36. The van der Waals surface area contributed by atoms with Crippen LogP contribution in [0.1, 0.15) is 51.2 Å². The average Bonchev–Trinajstić information content (AvgIpc) is 3.06. The van der Waals surface area contributed by atoms with Gasteiger partial charge >= 0.3 is 6.18 Å². The minimum Gasteiger partial charge on any atom is -0.494 e. The number of halogens is 3. The molecule has 0 saturated heterocycles. The third kappa shape index (κ3) is 6.55. The molecule has 7 heteroatoms. The van der Waals surface area contributed by atoms with Gasteiger partial charge in [-0.05, 0) is 50.6 Å². The lowest BCUT2D eigenvalue weighted by Gasteiger charge is -2.17. The van der Waals surface area contributed by atoms with E-state index in [0.29, 0.717) is 30.3 Å². The SMILES string of the molecule is CCCCN(C)Cc1cn[nH]c1-c1cc(OCCC(C)C)cc(C(F)(F)F)c1. The number of hydrogen-bond donors (Lipinski definition) is 1. The second kappa shape index (κ2) is 9.96. The van der Waals surface area contributed by atoms with Crippen LogP contribution >= 0.6 is 0 Å². The highest BCUT2D eigenvalue weighted by atomic mass is 19.4. The Morgan fingerprint density at radius 1 is 1.21 bits per heavy atom. The number of alkyl halides is 3. The van der Waals surface area contributed by atoms with Crippen molar-refractivity contribution >= 4 is 0 Å². The third-order valence-corrected chi connectivity index (χ3v) is 4.54. The molecule has 1 aromatic heterocycles. The smallest absolute Gasteiger partial charge is 0.416 e. The molecule has 0 radical (unpaired) electrons. The molecule has 0 atom stereocenters. The zero-order valence-electron chi connectivity index (χ0n) is 17.1. The number of nitrogens with zero attached hydrogens (tertiary/aromatic N) is 2. The topological polar surface area (TPSA) is 41.2 Å². The fraction of sp³-hybridized carbons (Fsp3) is 0.571. The maximum absolute atomic E-state index is 13.4. The molecule has 0 amide bonds. The van der Waals surface area contributed by atoms with Gasteiger partial charge in [-0.3, -0.25) is 5.10 Å². The van der Waals surface area contributed by atoms with Crippen LogP contribution in [-0.4, -0.2) is 35.3 Å². The predicted octanol–water partition coefficient (Wildman–Crippen LogP) is 5.75. The van der Waals surface area contributed by atoms with Gasteiger partial charge < -0.3 is 9.64 Å². The molecule has 1 N–H and O–H groups in total. The number of H-pyrrole nitrogens is 1. The van der Waals surface area contributed by atoms with Crippen molar-refractivity contribution in [3.8, 4) is 17.0 Å². The van der Waals surface area contributed by atoms with E-state index in [1.165, 1.54) is 0 Å². The summed E-state index contributed by atoms with van der Waals surface area (Å²) in [5.41, 5.74) is 1.18. The summed E-state index contributed by atoms with van der Waals surface area (Å²) in [4.78, 5) is 2.14. The molecule has 0 bridgehead atoms. The molecule has 0 spiro atoms. The van der Waals surface area contributed by atoms with Crippen LogP contribution in [-0.2, 0) is 12.7 Å². The van der Waals surface area contributed by atoms with Crippen molar-refractivity contribution in [2.45, 2.75) is 52.8 Å². The molecule has 1 aromatic carbocycles. The van der Waals surface area contributed by atoms with Gasteiger partial charge in [0.1, 0.15) is 5.75 Å². The first kappa shape index (κ1) is 22.3. The molecule has 0 saturated carbocycles. The van der Waals surface area contributed by atoms with Crippen molar-refractivity contribution < 1.29 is 17.9 Å². The second-order valence-corrected chi connectivity index (χ2v) is 7.64. The molecular weight excluding hydrogens is 367 g/mol. The summed E-state index contributed by atoms with van der Waals surface area (Å²) in [5, 5.41) is 6.93. The lowest BCUT2D eigenvalue weighted by molar-refractivity contribution is -0.137. The van der Waals surface area contributed by atoms with Crippen LogP contribution in [0.25, 0.3) is 11.3 Å². The van der Waals surface area contributed by atoms with Crippen molar-refractivity contribution in [3.63, 3.8) is 0 Å². The van der Waals surface area contributed by atoms with E-state index in [0.717, 1.165) is 43.5 Å². The van der Waals surface area contributed by atoms with Crippen LogP contribution < -0.4 is 4.74 Å². The molecule has 0 aliphatic rings. The maximum Gasteiger partial charge on any atom is 0.416 e.